The molecule has 0 bridgehead atoms. The Morgan fingerprint density at radius 2 is 1.40 bits per heavy atom. The Kier molecular flexibility index (Phi) is 9.67. The molecule has 7 heteroatoms. The van der Waals surface area contributed by atoms with E-state index in [1.54, 1.807) is 0 Å². The van der Waals surface area contributed by atoms with E-state index in [0.29, 0.717) is 0 Å². The van der Waals surface area contributed by atoms with E-state index in [0.717, 1.165) is 0 Å². The molecule has 20 heavy (non-hydrogen) atoms. The monoisotopic (exact) mass is 301 g/mol. The van der Waals surface area contributed by atoms with E-state index in [2.05, 4.69) is 9.47 Å². The minimum Gasteiger partial charge on any atom is -0.313 e. The highest BCUT2D eigenvalue weighted by Gasteiger charge is 2.43. The second kappa shape index (κ2) is 10.0. The van der Waals surface area contributed by atoms with Crippen LogP contribution in [0.3, 0.4) is 0 Å². The zero-order chi connectivity index (χ0) is 15.6. The Hall–Kier alpha value is -0.750. The summed E-state index contributed by atoms with van der Waals surface area (Å²) in [4.78, 5) is 1.91. The van der Waals surface area contributed by atoms with E-state index < -0.39 is 6.10 Å². The van der Waals surface area contributed by atoms with Gasteiger partial charge >= 0.3 is 6.10 Å². The Labute approximate surface area is 123 Å². The molecule has 0 saturated carbocycles. The van der Waals surface area contributed by atoms with E-state index in [-0.39, 0.29) is 38.1 Å². The Morgan fingerprint density at radius 1 is 1.00 bits per heavy atom. The quantitative estimate of drug-likeness (QED) is 0.350. The molecule has 1 unspecified atom stereocenters. The molecule has 0 aliphatic carbocycles. The fourth-order valence-corrected chi connectivity index (χ4v) is 2.26. The first-order valence-electron chi connectivity index (χ1n) is 6.63. The Morgan fingerprint density at radius 3 is 1.65 bits per heavy atom. The summed E-state index contributed by atoms with van der Waals surface area (Å²) in [6.07, 6.45) is -0.927. The van der Waals surface area contributed by atoms with Gasteiger partial charge in [0.2, 0.25) is 0 Å². The lowest BCUT2D eigenvalue weighted by Crippen LogP contribution is -2.59. The summed E-state index contributed by atoms with van der Waals surface area (Å²) in [7, 11) is 2.15. The van der Waals surface area contributed by atoms with Crippen molar-refractivity contribution in [1.29, 1.82) is 10.5 Å². The van der Waals surface area contributed by atoms with Crippen molar-refractivity contribution >= 4 is 9.47 Å². The fraction of sp³-hybridized carbons (Fsp3) is 0.846. The van der Waals surface area contributed by atoms with Crippen LogP contribution in [-0.2, 0) is 14.0 Å². The SMILES string of the molecule is CC(C)N(C(C)C)C(OP)(OCCC#N)OCCC#N. The number of hydrogen-bond acceptors (Lipinski definition) is 6. The molecule has 0 amide bonds. The summed E-state index contributed by atoms with van der Waals surface area (Å²) in [5, 5.41) is 17.3. The molecule has 0 saturated heterocycles. The summed E-state index contributed by atoms with van der Waals surface area (Å²) in [6, 6.07) is 4.22. The van der Waals surface area contributed by atoms with E-state index in [1.807, 2.05) is 44.7 Å². The largest absolute Gasteiger partial charge is 0.356 e. The van der Waals surface area contributed by atoms with Gasteiger partial charge in [-0.05, 0) is 27.7 Å². The third-order valence-electron chi connectivity index (χ3n) is 2.57. The molecule has 6 nitrogen and oxygen atoms in total. The van der Waals surface area contributed by atoms with Crippen LogP contribution in [0.2, 0.25) is 0 Å². The van der Waals surface area contributed by atoms with E-state index in [4.69, 9.17) is 24.5 Å². The maximum atomic E-state index is 8.63. The van der Waals surface area contributed by atoms with Gasteiger partial charge in [-0.1, -0.05) is 0 Å². The second-order valence-electron chi connectivity index (χ2n) is 4.75. The molecule has 114 valence electrons. The van der Waals surface area contributed by atoms with Gasteiger partial charge in [-0.15, -0.1) is 0 Å². The van der Waals surface area contributed by atoms with Gasteiger partial charge in [-0.25, -0.2) is 4.90 Å². The number of hydrogen-bond donors (Lipinski definition) is 0. The van der Waals surface area contributed by atoms with Crippen LogP contribution in [0.25, 0.3) is 0 Å². The number of ether oxygens (including phenoxy) is 2. The van der Waals surface area contributed by atoms with Crippen LogP contribution in [-0.4, -0.2) is 36.3 Å². The van der Waals surface area contributed by atoms with Gasteiger partial charge in [-0.2, -0.15) is 10.5 Å². The van der Waals surface area contributed by atoms with Crippen molar-refractivity contribution in [3.05, 3.63) is 0 Å². The number of rotatable bonds is 10. The predicted octanol–water partition coefficient (Wildman–Crippen LogP) is 2.38. The van der Waals surface area contributed by atoms with Crippen molar-refractivity contribution in [2.45, 2.75) is 58.7 Å². The molecular formula is C13H24N3O3P. The maximum absolute atomic E-state index is 8.63. The van der Waals surface area contributed by atoms with Crippen LogP contribution < -0.4 is 0 Å². The Balaban J connectivity index is 5.14. The van der Waals surface area contributed by atoms with Gasteiger partial charge in [-0.3, -0.25) is 4.52 Å². The predicted molar refractivity (Wildman–Crippen MR) is 78.0 cm³/mol. The van der Waals surface area contributed by atoms with Crippen LogP contribution in [0.15, 0.2) is 0 Å². The lowest BCUT2D eigenvalue weighted by atomic mass is 10.2. The van der Waals surface area contributed by atoms with Crippen LogP contribution in [0.5, 0.6) is 0 Å². The van der Waals surface area contributed by atoms with Crippen molar-refractivity contribution in [2.75, 3.05) is 13.2 Å². The number of nitriles is 2. The van der Waals surface area contributed by atoms with Crippen molar-refractivity contribution in [3.63, 3.8) is 0 Å². The molecule has 0 N–H and O–H groups in total. The molecule has 0 radical (unpaired) electrons. The summed E-state index contributed by atoms with van der Waals surface area (Å²) in [5.74, 6) is 0. The second-order valence-corrected chi connectivity index (χ2v) is 4.99. The van der Waals surface area contributed by atoms with Gasteiger partial charge in [0.1, 0.15) is 0 Å². The minimum absolute atomic E-state index is 0.0970. The van der Waals surface area contributed by atoms with Gasteiger partial charge < -0.3 is 9.47 Å². The average Bonchev–Trinajstić information content (AvgIpc) is 2.38. The lowest BCUT2D eigenvalue weighted by Gasteiger charge is -2.44. The molecule has 0 aromatic carbocycles. The maximum Gasteiger partial charge on any atom is 0.356 e. The Bertz CT molecular complexity index is 322. The van der Waals surface area contributed by atoms with Gasteiger partial charge in [0, 0.05) is 21.6 Å². The first-order chi connectivity index (χ1) is 9.45. The third kappa shape index (κ3) is 5.71. The molecule has 0 heterocycles. The van der Waals surface area contributed by atoms with E-state index >= 15 is 0 Å². The first-order valence-corrected chi connectivity index (χ1v) is 7.10. The fourth-order valence-electron chi connectivity index (χ4n) is 2.00. The van der Waals surface area contributed by atoms with Crippen LogP contribution in [0.1, 0.15) is 40.5 Å². The van der Waals surface area contributed by atoms with E-state index in [9.17, 15) is 0 Å². The molecule has 0 rings (SSSR count). The smallest absolute Gasteiger partial charge is 0.313 e. The highest BCUT2D eigenvalue weighted by molar-refractivity contribution is 7.09. The minimum atomic E-state index is -1.40. The van der Waals surface area contributed by atoms with Gasteiger partial charge in [0.25, 0.3) is 0 Å². The molecule has 0 aromatic heterocycles. The molecule has 0 aliphatic rings. The highest BCUT2D eigenvalue weighted by atomic mass is 31.0. The zero-order valence-corrected chi connectivity index (χ0v) is 13.8. The topological polar surface area (TPSA) is 78.5 Å². The first kappa shape index (κ1) is 19.2. The lowest BCUT2D eigenvalue weighted by molar-refractivity contribution is -0.421. The zero-order valence-electron chi connectivity index (χ0n) is 12.6. The van der Waals surface area contributed by atoms with Crippen molar-refractivity contribution < 1.29 is 14.0 Å². The van der Waals surface area contributed by atoms with E-state index in [1.165, 1.54) is 0 Å². The van der Waals surface area contributed by atoms with Crippen LogP contribution in [0, 0.1) is 22.7 Å². The third-order valence-corrected chi connectivity index (χ3v) is 2.87. The summed E-state index contributed by atoms with van der Waals surface area (Å²) in [5.41, 5.74) is 0. The molecule has 0 aliphatic heterocycles. The van der Waals surface area contributed by atoms with Crippen LogP contribution >= 0.6 is 9.47 Å². The molecule has 0 fully saturated rings. The normalized spacial score (nSPS) is 11.9. The highest BCUT2D eigenvalue weighted by Crippen LogP contribution is 2.29. The van der Waals surface area contributed by atoms with Crippen molar-refractivity contribution in [1.82, 2.24) is 4.90 Å². The molecular weight excluding hydrogens is 277 g/mol. The molecule has 0 spiro atoms. The molecule has 0 aromatic rings. The van der Waals surface area contributed by atoms with Crippen molar-refractivity contribution in [3.8, 4) is 12.1 Å². The number of nitrogens with zero attached hydrogens (tertiary/aromatic N) is 3. The van der Waals surface area contributed by atoms with Gasteiger partial charge in [0.05, 0.1) is 38.2 Å². The summed E-state index contributed by atoms with van der Waals surface area (Å²) < 4.78 is 16.8. The summed E-state index contributed by atoms with van der Waals surface area (Å²) >= 11 is 0. The van der Waals surface area contributed by atoms with Gasteiger partial charge in [0.15, 0.2) is 0 Å². The standard InChI is InChI=1S/C13H24N3O3P/c1-11(2)16(12(3)4)13(19-20,17-9-5-7-14)18-10-6-8-15/h11-12H,5-6,9-10,20H2,1-4H3. The van der Waals surface area contributed by atoms with Crippen molar-refractivity contribution in [2.24, 2.45) is 0 Å². The average molecular weight is 301 g/mol. The summed E-state index contributed by atoms with van der Waals surface area (Å²) in [6.45, 7) is 8.37. The molecule has 1 atom stereocenters. The van der Waals surface area contributed by atoms with Crippen LogP contribution in [0.4, 0.5) is 0 Å².